The molecule has 0 atom stereocenters. The Morgan fingerprint density at radius 3 is 2.50 bits per heavy atom. The molecular weight excluding hydrogens is 248 g/mol. The van der Waals surface area contributed by atoms with Gasteiger partial charge < -0.3 is 11.1 Å². The summed E-state index contributed by atoms with van der Waals surface area (Å²) in [6.07, 6.45) is 0. The van der Waals surface area contributed by atoms with Crippen molar-refractivity contribution in [3.63, 3.8) is 0 Å². The number of hydrogen-bond donors (Lipinski definition) is 2. The number of aryl methyl sites for hydroxylation is 1. The summed E-state index contributed by atoms with van der Waals surface area (Å²) in [6, 6.07) is 10.2. The average Bonchev–Trinajstić information content (AvgIpc) is 2.44. The zero-order valence-corrected chi connectivity index (χ0v) is 12.4. The largest absolute Gasteiger partial charge is 0.350 e. The van der Waals surface area contributed by atoms with E-state index in [0.29, 0.717) is 25.0 Å². The Hall–Kier alpha value is -1.94. The average molecular weight is 270 g/mol. The molecule has 0 saturated carbocycles. The maximum Gasteiger partial charge on any atom is 0.223 e. The topological polar surface area (TPSA) is 63.8 Å². The molecule has 0 radical (unpaired) electrons. The number of nitrogens with zero attached hydrogens (tertiary/aromatic N) is 2. The summed E-state index contributed by atoms with van der Waals surface area (Å²) in [7, 11) is 0. The van der Waals surface area contributed by atoms with Crippen LogP contribution in [0.2, 0.25) is 0 Å². The molecule has 3 N–H and O–H groups in total. The number of aromatic nitrogens is 2. The number of benzene rings is 1. The Morgan fingerprint density at radius 1 is 1.15 bits per heavy atom. The molecule has 2 aromatic rings. The van der Waals surface area contributed by atoms with Crippen LogP contribution < -0.4 is 11.1 Å². The summed E-state index contributed by atoms with van der Waals surface area (Å²) in [5.41, 5.74) is 10.1. The van der Waals surface area contributed by atoms with Gasteiger partial charge in [0.15, 0.2) is 0 Å². The van der Waals surface area contributed by atoms with Gasteiger partial charge in [-0.05, 0) is 30.0 Å². The molecule has 106 valence electrons. The van der Waals surface area contributed by atoms with Crippen LogP contribution in [-0.4, -0.2) is 9.97 Å². The fourth-order valence-corrected chi connectivity index (χ4v) is 2.07. The van der Waals surface area contributed by atoms with Crippen LogP contribution in [0, 0.1) is 6.92 Å². The summed E-state index contributed by atoms with van der Waals surface area (Å²) in [4.78, 5) is 8.98. The van der Waals surface area contributed by atoms with Crippen LogP contribution in [0.15, 0.2) is 30.3 Å². The quantitative estimate of drug-likeness (QED) is 0.876. The Kier molecular flexibility index (Phi) is 4.69. The van der Waals surface area contributed by atoms with Gasteiger partial charge in [-0.1, -0.05) is 38.1 Å². The summed E-state index contributed by atoms with van der Waals surface area (Å²) in [5.74, 6) is 1.08. The van der Waals surface area contributed by atoms with Gasteiger partial charge in [0.05, 0.1) is 0 Å². The molecule has 0 fully saturated rings. The number of anilines is 1. The van der Waals surface area contributed by atoms with Crippen molar-refractivity contribution in [2.75, 3.05) is 5.32 Å². The van der Waals surface area contributed by atoms with Gasteiger partial charge in [0.1, 0.15) is 0 Å². The third-order valence-electron chi connectivity index (χ3n) is 3.24. The molecule has 0 amide bonds. The molecule has 0 spiro atoms. The van der Waals surface area contributed by atoms with Crippen LogP contribution in [-0.2, 0) is 13.1 Å². The number of rotatable bonds is 5. The second-order valence-corrected chi connectivity index (χ2v) is 5.24. The van der Waals surface area contributed by atoms with Gasteiger partial charge in [-0.3, -0.25) is 0 Å². The summed E-state index contributed by atoms with van der Waals surface area (Å²) in [6.45, 7) is 7.50. The van der Waals surface area contributed by atoms with Crippen LogP contribution in [0.4, 0.5) is 5.95 Å². The van der Waals surface area contributed by atoms with E-state index in [2.05, 4.69) is 35.2 Å². The van der Waals surface area contributed by atoms with E-state index in [9.17, 15) is 0 Å². The highest BCUT2D eigenvalue weighted by molar-refractivity contribution is 5.34. The molecule has 2 rings (SSSR count). The molecule has 0 unspecified atom stereocenters. The van der Waals surface area contributed by atoms with E-state index in [4.69, 9.17) is 5.73 Å². The van der Waals surface area contributed by atoms with Gasteiger partial charge >= 0.3 is 0 Å². The van der Waals surface area contributed by atoms with E-state index in [1.807, 2.05) is 31.2 Å². The van der Waals surface area contributed by atoms with Crippen molar-refractivity contribution in [1.82, 2.24) is 9.97 Å². The van der Waals surface area contributed by atoms with E-state index in [1.54, 1.807) is 0 Å². The molecule has 20 heavy (non-hydrogen) atoms. The summed E-state index contributed by atoms with van der Waals surface area (Å²) < 4.78 is 0. The van der Waals surface area contributed by atoms with Gasteiger partial charge in [-0.15, -0.1) is 0 Å². The lowest BCUT2D eigenvalue weighted by molar-refractivity contribution is 0.808. The molecule has 4 heteroatoms. The van der Waals surface area contributed by atoms with Gasteiger partial charge in [0.25, 0.3) is 0 Å². The molecule has 1 aromatic heterocycles. The zero-order valence-electron chi connectivity index (χ0n) is 12.4. The first-order valence-electron chi connectivity index (χ1n) is 6.96. The van der Waals surface area contributed by atoms with Crippen molar-refractivity contribution in [2.45, 2.75) is 39.8 Å². The maximum absolute atomic E-state index is 5.75. The fourth-order valence-electron chi connectivity index (χ4n) is 2.07. The second-order valence-electron chi connectivity index (χ2n) is 5.24. The van der Waals surface area contributed by atoms with E-state index in [-0.39, 0.29) is 0 Å². The second kappa shape index (κ2) is 6.48. The Bertz CT molecular complexity index is 578. The van der Waals surface area contributed by atoms with Crippen LogP contribution in [0.25, 0.3) is 0 Å². The van der Waals surface area contributed by atoms with Gasteiger partial charge in [-0.25, -0.2) is 9.97 Å². The van der Waals surface area contributed by atoms with E-state index < -0.39 is 0 Å². The molecule has 4 nitrogen and oxygen atoms in total. The van der Waals surface area contributed by atoms with Gasteiger partial charge in [0.2, 0.25) is 5.95 Å². The van der Waals surface area contributed by atoms with Crippen LogP contribution in [0.1, 0.15) is 42.3 Å². The van der Waals surface area contributed by atoms with Crippen LogP contribution in [0.3, 0.4) is 0 Å². The predicted molar refractivity (Wildman–Crippen MR) is 82.5 cm³/mol. The predicted octanol–water partition coefficient (Wildman–Crippen LogP) is 2.98. The van der Waals surface area contributed by atoms with Crippen molar-refractivity contribution >= 4 is 5.95 Å². The molecule has 0 bridgehead atoms. The lowest BCUT2D eigenvalue weighted by atomic mass is 10.1. The first-order valence-corrected chi connectivity index (χ1v) is 6.96. The minimum absolute atomic E-state index is 0.397. The van der Waals surface area contributed by atoms with E-state index in [0.717, 1.165) is 17.0 Å². The van der Waals surface area contributed by atoms with Crippen LogP contribution in [0.5, 0.6) is 0 Å². The first kappa shape index (κ1) is 14.5. The van der Waals surface area contributed by atoms with Crippen molar-refractivity contribution in [3.8, 4) is 0 Å². The Labute approximate surface area is 120 Å². The highest BCUT2D eigenvalue weighted by Gasteiger charge is 2.06. The highest BCUT2D eigenvalue weighted by atomic mass is 15.1. The lowest BCUT2D eigenvalue weighted by Gasteiger charge is -2.12. The number of hydrogen-bond acceptors (Lipinski definition) is 4. The highest BCUT2D eigenvalue weighted by Crippen LogP contribution is 2.15. The van der Waals surface area contributed by atoms with E-state index >= 15 is 0 Å². The van der Waals surface area contributed by atoms with Gasteiger partial charge in [-0.2, -0.15) is 0 Å². The number of nitrogens with one attached hydrogen (secondary N) is 1. The zero-order chi connectivity index (χ0) is 14.5. The fraction of sp³-hybridized carbons (Fsp3) is 0.375. The molecule has 1 heterocycles. The third kappa shape index (κ3) is 3.54. The molecular formula is C16H22N4. The third-order valence-corrected chi connectivity index (χ3v) is 3.24. The van der Waals surface area contributed by atoms with Crippen molar-refractivity contribution in [3.05, 3.63) is 52.8 Å². The molecule has 0 aliphatic rings. The van der Waals surface area contributed by atoms with Crippen molar-refractivity contribution < 1.29 is 0 Å². The normalized spacial score (nSPS) is 10.8. The van der Waals surface area contributed by atoms with Crippen LogP contribution >= 0.6 is 0 Å². The van der Waals surface area contributed by atoms with Crippen molar-refractivity contribution in [2.24, 2.45) is 5.73 Å². The molecule has 0 aliphatic heterocycles. The summed E-state index contributed by atoms with van der Waals surface area (Å²) >= 11 is 0. The maximum atomic E-state index is 5.75. The monoisotopic (exact) mass is 270 g/mol. The standard InChI is InChI=1S/C16H22N4/c1-11(2)15-8-12(3)19-16(20-15)18-10-14-7-5-4-6-13(14)9-17/h4-8,11H,9-10,17H2,1-3H3,(H,18,19,20). The molecule has 0 saturated heterocycles. The smallest absolute Gasteiger partial charge is 0.223 e. The van der Waals surface area contributed by atoms with Gasteiger partial charge in [0, 0.05) is 24.5 Å². The molecule has 1 aromatic carbocycles. The number of nitrogens with two attached hydrogens (primary N) is 1. The lowest BCUT2D eigenvalue weighted by Crippen LogP contribution is -2.09. The summed E-state index contributed by atoms with van der Waals surface area (Å²) in [5, 5.41) is 3.29. The first-order chi connectivity index (χ1) is 9.60. The Morgan fingerprint density at radius 2 is 1.85 bits per heavy atom. The SMILES string of the molecule is Cc1cc(C(C)C)nc(NCc2ccccc2CN)n1. The van der Waals surface area contributed by atoms with E-state index in [1.165, 1.54) is 5.56 Å². The minimum atomic E-state index is 0.397. The molecule has 0 aliphatic carbocycles. The van der Waals surface area contributed by atoms with Crippen molar-refractivity contribution in [1.29, 1.82) is 0 Å². The Balaban J connectivity index is 2.14. The minimum Gasteiger partial charge on any atom is -0.350 e.